The van der Waals surface area contributed by atoms with Gasteiger partial charge in [-0.25, -0.2) is 0 Å². The summed E-state index contributed by atoms with van der Waals surface area (Å²) in [5, 5.41) is 8.22. The second-order valence-electron chi connectivity index (χ2n) is 1.67. The molecule has 9 heavy (non-hydrogen) atoms. The first kappa shape index (κ1) is 8.26. The molecule has 0 aliphatic carbocycles. The van der Waals surface area contributed by atoms with E-state index in [1.165, 1.54) is 0 Å². The smallest absolute Gasteiger partial charge is 0.104 e. The lowest BCUT2D eigenvalue weighted by atomic mass is 10.3. The van der Waals surface area contributed by atoms with Crippen molar-refractivity contribution in [1.29, 1.82) is 0 Å². The quantitative estimate of drug-likeness (QED) is 0.551. The lowest BCUT2D eigenvalue weighted by Gasteiger charge is -1.77. The molecule has 0 aliphatic heterocycles. The van der Waals surface area contributed by atoms with Crippen molar-refractivity contribution in [1.82, 2.24) is 0 Å². The Hall–Kier alpha value is -0.740. The molecule has 1 nitrogen and oxygen atoms in total. The largest absolute Gasteiger partial charge is 0.384 e. The predicted octanol–water partition coefficient (Wildman–Crippen LogP) is 1.34. The van der Waals surface area contributed by atoms with Crippen molar-refractivity contribution >= 4 is 0 Å². The number of rotatable bonds is 2. The molecule has 0 aromatic carbocycles. The molecular formula is C8H12O. The highest BCUT2D eigenvalue weighted by Gasteiger charge is 1.67. The van der Waals surface area contributed by atoms with E-state index >= 15 is 0 Å². The number of aliphatic hydroxyl groups is 1. The molecule has 0 atom stereocenters. The van der Waals surface area contributed by atoms with Gasteiger partial charge in [-0.2, -0.15) is 0 Å². The van der Waals surface area contributed by atoms with Crippen LogP contribution in [0.25, 0.3) is 0 Å². The molecule has 0 aliphatic rings. The summed E-state index contributed by atoms with van der Waals surface area (Å²) in [5.74, 6) is 5.22. The van der Waals surface area contributed by atoms with Crippen LogP contribution >= 0.6 is 0 Å². The molecule has 0 fully saturated rings. The molecule has 0 radical (unpaired) electrons. The van der Waals surface area contributed by atoms with E-state index in [1.54, 1.807) is 6.08 Å². The Morgan fingerprint density at radius 3 is 2.89 bits per heavy atom. The first-order chi connectivity index (χ1) is 4.41. The highest BCUT2D eigenvalue weighted by atomic mass is 16.2. The molecule has 1 N–H and O–H groups in total. The summed E-state index contributed by atoms with van der Waals surface area (Å²) in [5.41, 5.74) is 0. The van der Waals surface area contributed by atoms with Gasteiger partial charge < -0.3 is 5.11 Å². The molecule has 0 saturated carbocycles. The van der Waals surface area contributed by atoms with Gasteiger partial charge in [-0.1, -0.05) is 31.3 Å². The van der Waals surface area contributed by atoms with Gasteiger partial charge in [0.25, 0.3) is 0 Å². The molecule has 0 saturated heterocycles. The van der Waals surface area contributed by atoms with Crippen molar-refractivity contribution in [2.45, 2.75) is 19.8 Å². The van der Waals surface area contributed by atoms with Gasteiger partial charge in [0, 0.05) is 0 Å². The third-order valence-electron chi connectivity index (χ3n) is 0.838. The Balaban J connectivity index is 3.23. The van der Waals surface area contributed by atoms with Gasteiger partial charge in [0.15, 0.2) is 0 Å². The minimum absolute atomic E-state index is 0.0452. The van der Waals surface area contributed by atoms with Crippen LogP contribution in [0.4, 0.5) is 0 Å². The molecule has 0 bridgehead atoms. The fourth-order valence-electron chi connectivity index (χ4n) is 0.413. The summed E-state index contributed by atoms with van der Waals surface area (Å²) in [6.45, 7) is 2.07. The summed E-state index contributed by atoms with van der Waals surface area (Å²) >= 11 is 0. The number of allylic oxidation sites excluding steroid dienone is 2. The molecule has 0 heterocycles. The van der Waals surface area contributed by atoms with E-state index < -0.39 is 0 Å². The molecule has 0 aromatic heterocycles. The Morgan fingerprint density at radius 1 is 1.56 bits per heavy atom. The van der Waals surface area contributed by atoms with Crippen LogP contribution in [-0.2, 0) is 0 Å². The molecular weight excluding hydrogens is 112 g/mol. The molecule has 50 valence electrons. The summed E-state index contributed by atoms with van der Waals surface area (Å²) in [6, 6.07) is 0. The van der Waals surface area contributed by atoms with Crippen LogP contribution in [0.1, 0.15) is 19.8 Å². The Bertz CT molecular complexity index is 125. The average molecular weight is 124 g/mol. The van der Waals surface area contributed by atoms with Gasteiger partial charge in [-0.05, 0) is 12.5 Å². The van der Waals surface area contributed by atoms with Gasteiger partial charge in [0.2, 0.25) is 0 Å². The van der Waals surface area contributed by atoms with Crippen LogP contribution in [0.3, 0.4) is 0 Å². The second-order valence-corrected chi connectivity index (χ2v) is 1.67. The minimum atomic E-state index is -0.0452. The fourth-order valence-corrected chi connectivity index (χ4v) is 0.413. The Morgan fingerprint density at radius 2 is 2.33 bits per heavy atom. The van der Waals surface area contributed by atoms with Crippen molar-refractivity contribution in [3.63, 3.8) is 0 Å². The highest BCUT2D eigenvalue weighted by Crippen LogP contribution is 1.85. The van der Waals surface area contributed by atoms with Gasteiger partial charge in [-0.3, -0.25) is 0 Å². The van der Waals surface area contributed by atoms with Crippen molar-refractivity contribution in [2.24, 2.45) is 0 Å². The van der Waals surface area contributed by atoms with E-state index in [0.29, 0.717) is 0 Å². The van der Waals surface area contributed by atoms with Crippen LogP contribution in [-0.4, -0.2) is 11.7 Å². The standard InChI is InChI=1S/C8H12O/c1-2-3-4-5-6-7-8-9/h4-5,9H,2-3,8H2,1H3/b5-4-. The van der Waals surface area contributed by atoms with Crippen LogP contribution < -0.4 is 0 Å². The normalized spacial score (nSPS) is 9.11. The zero-order chi connectivity index (χ0) is 6.95. The van der Waals surface area contributed by atoms with Crippen molar-refractivity contribution in [3.8, 4) is 11.8 Å². The molecule has 0 amide bonds. The van der Waals surface area contributed by atoms with Gasteiger partial charge in [-0.15, -0.1) is 0 Å². The molecule has 0 spiro atoms. The Kier molecular flexibility index (Phi) is 6.66. The summed E-state index contributed by atoms with van der Waals surface area (Å²) in [4.78, 5) is 0. The van der Waals surface area contributed by atoms with Crippen molar-refractivity contribution < 1.29 is 5.11 Å². The van der Waals surface area contributed by atoms with Crippen LogP contribution in [0.15, 0.2) is 12.2 Å². The highest BCUT2D eigenvalue weighted by molar-refractivity contribution is 5.14. The van der Waals surface area contributed by atoms with Crippen LogP contribution in [0, 0.1) is 11.8 Å². The van der Waals surface area contributed by atoms with E-state index in [2.05, 4.69) is 18.8 Å². The second kappa shape index (κ2) is 7.26. The number of aliphatic hydroxyl groups excluding tert-OH is 1. The van der Waals surface area contributed by atoms with Gasteiger partial charge >= 0.3 is 0 Å². The average Bonchev–Trinajstić information content (AvgIpc) is 1.89. The number of hydrogen-bond donors (Lipinski definition) is 1. The fraction of sp³-hybridized carbons (Fsp3) is 0.500. The van der Waals surface area contributed by atoms with E-state index in [1.807, 2.05) is 6.08 Å². The molecule has 1 heteroatoms. The van der Waals surface area contributed by atoms with Crippen LogP contribution in [0.5, 0.6) is 0 Å². The summed E-state index contributed by atoms with van der Waals surface area (Å²) in [6.07, 6.45) is 6.00. The van der Waals surface area contributed by atoms with Crippen molar-refractivity contribution in [2.75, 3.05) is 6.61 Å². The first-order valence-electron chi connectivity index (χ1n) is 3.16. The van der Waals surface area contributed by atoms with Crippen molar-refractivity contribution in [3.05, 3.63) is 12.2 Å². The third-order valence-corrected chi connectivity index (χ3v) is 0.838. The maximum atomic E-state index is 8.22. The van der Waals surface area contributed by atoms with E-state index in [-0.39, 0.29) is 6.61 Å². The lowest BCUT2D eigenvalue weighted by Crippen LogP contribution is -1.68. The molecule has 0 aromatic rings. The molecule has 0 rings (SSSR count). The zero-order valence-electron chi connectivity index (χ0n) is 5.72. The number of hydrogen-bond acceptors (Lipinski definition) is 1. The van der Waals surface area contributed by atoms with E-state index in [4.69, 9.17) is 5.11 Å². The van der Waals surface area contributed by atoms with E-state index in [9.17, 15) is 0 Å². The number of unbranched alkanes of at least 4 members (excludes halogenated alkanes) is 1. The minimum Gasteiger partial charge on any atom is -0.384 e. The maximum Gasteiger partial charge on any atom is 0.104 e. The Labute approximate surface area is 56.4 Å². The van der Waals surface area contributed by atoms with Gasteiger partial charge in [0.05, 0.1) is 0 Å². The SMILES string of the molecule is CCC/C=C\C#CCO. The van der Waals surface area contributed by atoms with E-state index in [0.717, 1.165) is 12.8 Å². The topological polar surface area (TPSA) is 20.2 Å². The zero-order valence-corrected chi connectivity index (χ0v) is 5.72. The molecule has 0 unspecified atom stereocenters. The third kappa shape index (κ3) is 7.26. The maximum absolute atomic E-state index is 8.22. The summed E-state index contributed by atoms with van der Waals surface area (Å²) in [7, 11) is 0. The first-order valence-corrected chi connectivity index (χ1v) is 3.16. The van der Waals surface area contributed by atoms with Crippen LogP contribution in [0.2, 0.25) is 0 Å². The monoisotopic (exact) mass is 124 g/mol. The van der Waals surface area contributed by atoms with Gasteiger partial charge in [0.1, 0.15) is 6.61 Å². The predicted molar refractivity (Wildman–Crippen MR) is 38.9 cm³/mol. The summed E-state index contributed by atoms with van der Waals surface area (Å²) < 4.78 is 0. The lowest BCUT2D eigenvalue weighted by molar-refractivity contribution is 0.350.